The van der Waals surface area contributed by atoms with Crippen molar-refractivity contribution in [3.63, 3.8) is 0 Å². The SMILES string of the molecule is CCN1C(=O)C2C3c4ccccc4C(C(=O)[O-])(c4ccccc43)C2C1=O. The van der Waals surface area contributed by atoms with Gasteiger partial charge in [-0.3, -0.25) is 14.5 Å². The van der Waals surface area contributed by atoms with Gasteiger partial charge in [0, 0.05) is 12.5 Å². The van der Waals surface area contributed by atoms with Crippen molar-refractivity contribution in [2.45, 2.75) is 18.3 Å². The number of likely N-dealkylation sites (tertiary alicyclic amines) is 1. The molecule has 1 aliphatic heterocycles. The second-order valence-corrected chi connectivity index (χ2v) is 7.17. The topological polar surface area (TPSA) is 77.5 Å². The first kappa shape index (κ1) is 15.3. The zero-order valence-electron chi connectivity index (χ0n) is 14.1. The van der Waals surface area contributed by atoms with E-state index in [1.165, 1.54) is 4.90 Å². The van der Waals surface area contributed by atoms with E-state index in [0.717, 1.165) is 11.1 Å². The summed E-state index contributed by atoms with van der Waals surface area (Å²) < 4.78 is 0. The van der Waals surface area contributed by atoms with E-state index < -0.39 is 29.1 Å². The van der Waals surface area contributed by atoms with Crippen LogP contribution < -0.4 is 5.11 Å². The fourth-order valence-corrected chi connectivity index (χ4v) is 5.49. The summed E-state index contributed by atoms with van der Waals surface area (Å²) in [5.41, 5.74) is 1.18. The number of carbonyl (C=O) groups is 3. The fourth-order valence-electron chi connectivity index (χ4n) is 5.49. The summed E-state index contributed by atoms with van der Waals surface area (Å²) >= 11 is 0. The maximum atomic E-state index is 13.1. The highest BCUT2D eigenvalue weighted by Crippen LogP contribution is 2.63. The fraction of sp³-hybridized carbons (Fsp3) is 0.286. The molecule has 2 atom stereocenters. The van der Waals surface area contributed by atoms with Crippen LogP contribution in [0.2, 0.25) is 0 Å². The Bertz CT molecular complexity index is 948. The summed E-state index contributed by atoms with van der Waals surface area (Å²) in [4.78, 5) is 40.0. The third-order valence-electron chi connectivity index (χ3n) is 6.35. The molecular weight excluding hydrogens is 330 g/mol. The first-order valence-electron chi connectivity index (χ1n) is 8.80. The van der Waals surface area contributed by atoms with Crippen molar-refractivity contribution in [3.05, 3.63) is 70.8 Å². The van der Waals surface area contributed by atoms with Crippen molar-refractivity contribution < 1.29 is 19.5 Å². The molecule has 2 unspecified atom stereocenters. The highest BCUT2D eigenvalue weighted by Gasteiger charge is 2.68. The number of carboxylic acids is 1. The van der Waals surface area contributed by atoms with E-state index in [1.807, 2.05) is 24.3 Å². The van der Waals surface area contributed by atoms with Gasteiger partial charge in [-0.25, -0.2) is 0 Å². The van der Waals surface area contributed by atoms with Crippen LogP contribution in [0.3, 0.4) is 0 Å². The average molecular weight is 346 g/mol. The van der Waals surface area contributed by atoms with E-state index in [0.29, 0.717) is 11.1 Å². The minimum Gasteiger partial charge on any atom is -0.549 e. The van der Waals surface area contributed by atoms with Gasteiger partial charge in [-0.1, -0.05) is 48.5 Å². The molecule has 2 amide bonds. The molecule has 6 rings (SSSR count). The van der Waals surface area contributed by atoms with Crippen LogP contribution in [0.1, 0.15) is 35.1 Å². The number of hydrogen-bond donors (Lipinski definition) is 0. The van der Waals surface area contributed by atoms with Crippen molar-refractivity contribution >= 4 is 17.8 Å². The minimum atomic E-state index is -1.62. The zero-order valence-corrected chi connectivity index (χ0v) is 14.1. The first-order chi connectivity index (χ1) is 12.5. The van der Waals surface area contributed by atoms with E-state index >= 15 is 0 Å². The van der Waals surface area contributed by atoms with E-state index in [-0.39, 0.29) is 18.4 Å². The van der Waals surface area contributed by atoms with Gasteiger partial charge in [0.1, 0.15) is 0 Å². The molecule has 1 saturated heterocycles. The van der Waals surface area contributed by atoms with Gasteiger partial charge in [-0.15, -0.1) is 0 Å². The Kier molecular flexibility index (Phi) is 2.84. The van der Waals surface area contributed by atoms with Crippen molar-refractivity contribution in [2.75, 3.05) is 6.54 Å². The number of imide groups is 1. The van der Waals surface area contributed by atoms with E-state index in [1.54, 1.807) is 31.2 Å². The third-order valence-corrected chi connectivity index (χ3v) is 6.35. The second-order valence-electron chi connectivity index (χ2n) is 7.17. The summed E-state index contributed by atoms with van der Waals surface area (Å²) in [5, 5.41) is 12.7. The molecule has 2 aromatic carbocycles. The number of carbonyl (C=O) groups excluding carboxylic acids is 3. The van der Waals surface area contributed by atoms with Gasteiger partial charge < -0.3 is 9.90 Å². The van der Waals surface area contributed by atoms with Gasteiger partial charge in [-0.05, 0) is 29.2 Å². The number of nitrogens with zero attached hydrogens (tertiary/aromatic N) is 1. The summed E-state index contributed by atoms with van der Waals surface area (Å²) in [6.07, 6.45) is 0. The van der Waals surface area contributed by atoms with Gasteiger partial charge in [0.25, 0.3) is 0 Å². The van der Waals surface area contributed by atoms with Crippen LogP contribution in [-0.2, 0) is 19.8 Å². The highest BCUT2D eigenvalue weighted by molar-refractivity contribution is 6.11. The van der Waals surface area contributed by atoms with Crippen molar-refractivity contribution in [1.29, 1.82) is 0 Å². The molecular formula is C21H16NO4-. The summed E-state index contributed by atoms with van der Waals surface area (Å²) in [5.74, 6) is -3.94. The second kappa shape index (κ2) is 4.81. The average Bonchev–Trinajstić information content (AvgIpc) is 2.92. The van der Waals surface area contributed by atoms with Crippen molar-refractivity contribution in [3.8, 4) is 0 Å². The number of benzene rings is 2. The maximum absolute atomic E-state index is 13.1. The molecule has 0 aromatic heterocycles. The van der Waals surface area contributed by atoms with E-state index in [2.05, 4.69) is 0 Å². The predicted octanol–water partition coefficient (Wildman–Crippen LogP) is 0.803. The molecule has 0 N–H and O–H groups in total. The van der Waals surface area contributed by atoms with Crippen LogP contribution in [0.4, 0.5) is 0 Å². The summed E-state index contributed by atoms with van der Waals surface area (Å²) in [6.45, 7) is 1.98. The maximum Gasteiger partial charge on any atom is 0.234 e. The Balaban J connectivity index is 1.95. The zero-order chi connectivity index (χ0) is 18.2. The molecule has 0 spiro atoms. The Hall–Kier alpha value is -2.95. The van der Waals surface area contributed by atoms with Gasteiger partial charge >= 0.3 is 0 Å². The molecule has 0 radical (unpaired) electrons. The molecule has 130 valence electrons. The van der Waals surface area contributed by atoms with Gasteiger partial charge in [0.05, 0.1) is 23.2 Å². The lowest BCUT2D eigenvalue weighted by Crippen LogP contribution is -2.61. The molecule has 0 saturated carbocycles. The van der Waals surface area contributed by atoms with Crippen LogP contribution in [0.25, 0.3) is 0 Å². The lowest BCUT2D eigenvalue weighted by molar-refractivity contribution is -0.314. The van der Waals surface area contributed by atoms with Gasteiger partial charge in [0.2, 0.25) is 11.8 Å². The molecule has 2 aromatic rings. The standard InChI is InChI=1S/C21H17NO4/c1-2-22-18(23)16-15-11-7-3-5-9-13(11)21(20(25)26,17(16)19(22)24)14-10-6-4-8-12(14)15/h3-10,15-17H,2H2,1H3,(H,25,26)/p-1. The van der Waals surface area contributed by atoms with E-state index in [9.17, 15) is 19.5 Å². The van der Waals surface area contributed by atoms with Crippen molar-refractivity contribution in [2.24, 2.45) is 11.8 Å². The molecule has 5 nitrogen and oxygen atoms in total. The molecule has 1 fully saturated rings. The monoisotopic (exact) mass is 346 g/mol. The van der Waals surface area contributed by atoms with Crippen molar-refractivity contribution in [1.82, 2.24) is 4.90 Å². The predicted molar refractivity (Wildman–Crippen MR) is 89.9 cm³/mol. The number of rotatable bonds is 2. The highest BCUT2D eigenvalue weighted by atomic mass is 16.4. The molecule has 3 aliphatic carbocycles. The molecule has 4 aliphatic rings. The van der Waals surface area contributed by atoms with Gasteiger partial charge in [-0.2, -0.15) is 0 Å². The van der Waals surface area contributed by atoms with Gasteiger partial charge in [0.15, 0.2) is 0 Å². The minimum absolute atomic E-state index is 0.243. The Labute approximate surface area is 150 Å². The Morgan fingerprint density at radius 2 is 1.54 bits per heavy atom. The molecule has 26 heavy (non-hydrogen) atoms. The van der Waals surface area contributed by atoms with Crippen LogP contribution >= 0.6 is 0 Å². The largest absolute Gasteiger partial charge is 0.549 e. The van der Waals surface area contributed by atoms with E-state index in [4.69, 9.17) is 0 Å². The Morgan fingerprint density at radius 1 is 1.00 bits per heavy atom. The van der Waals surface area contributed by atoms with Crippen LogP contribution in [0.5, 0.6) is 0 Å². The quantitative estimate of drug-likeness (QED) is 0.754. The first-order valence-corrected chi connectivity index (χ1v) is 8.80. The van der Waals surface area contributed by atoms with Crippen LogP contribution in [0.15, 0.2) is 48.5 Å². The number of amides is 2. The number of hydrogen-bond acceptors (Lipinski definition) is 4. The summed E-state index contributed by atoms with van der Waals surface area (Å²) in [6, 6.07) is 14.5. The molecule has 1 heterocycles. The lowest BCUT2D eigenvalue weighted by Gasteiger charge is -2.54. The lowest BCUT2D eigenvalue weighted by atomic mass is 9.47. The summed E-state index contributed by atoms with van der Waals surface area (Å²) in [7, 11) is 0. The molecule has 2 bridgehead atoms. The number of carboxylic acid groups (broad SMARTS) is 1. The molecule has 5 heteroatoms. The normalized spacial score (nSPS) is 30.8. The smallest absolute Gasteiger partial charge is 0.234 e. The van der Waals surface area contributed by atoms with Crippen LogP contribution in [0, 0.1) is 11.8 Å². The Morgan fingerprint density at radius 3 is 2.04 bits per heavy atom. The van der Waals surface area contributed by atoms with Crippen LogP contribution in [-0.4, -0.2) is 29.2 Å². The number of aliphatic carboxylic acids is 1. The third kappa shape index (κ3) is 1.43.